The second-order valence-corrected chi connectivity index (χ2v) is 6.59. The van der Waals surface area contributed by atoms with E-state index in [0.717, 1.165) is 12.1 Å². The molecule has 1 N–H and O–H groups in total. The molecule has 0 aliphatic heterocycles. The van der Waals surface area contributed by atoms with Crippen LogP contribution in [0.5, 0.6) is 0 Å². The van der Waals surface area contributed by atoms with Gasteiger partial charge in [-0.15, -0.1) is 0 Å². The first-order valence-electron chi connectivity index (χ1n) is 6.03. The van der Waals surface area contributed by atoms with Gasteiger partial charge in [-0.1, -0.05) is 17.3 Å². The Balaban J connectivity index is 2.18. The van der Waals surface area contributed by atoms with E-state index in [1.807, 2.05) is 0 Å². The summed E-state index contributed by atoms with van der Waals surface area (Å²) >= 11 is 0. The number of benzene rings is 1. The van der Waals surface area contributed by atoms with Gasteiger partial charge in [-0.25, -0.2) is 8.42 Å². The second kappa shape index (κ2) is 6.05. The number of aliphatic hydroxyl groups excluding tert-OH is 1. The van der Waals surface area contributed by atoms with Crippen molar-refractivity contribution in [2.75, 3.05) is 12.4 Å². The number of halogens is 3. The minimum Gasteiger partial charge on any atom is -0.395 e. The maximum absolute atomic E-state index is 12.4. The Morgan fingerprint density at radius 2 is 1.82 bits per heavy atom. The number of hydrogen-bond donors (Lipinski definition) is 1. The third-order valence-corrected chi connectivity index (χ3v) is 4.18. The van der Waals surface area contributed by atoms with Crippen molar-refractivity contribution in [3.05, 3.63) is 35.7 Å². The van der Waals surface area contributed by atoms with Crippen LogP contribution in [0.2, 0.25) is 0 Å². The Morgan fingerprint density at radius 3 is 2.36 bits per heavy atom. The molecule has 0 amide bonds. The molecule has 1 heterocycles. The molecule has 0 atom stereocenters. The van der Waals surface area contributed by atoms with Crippen molar-refractivity contribution in [2.24, 2.45) is 0 Å². The van der Waals surface area contributed by atoms with E-state index in [-0.39, 0.29) is 17.3 Å². The Bertz CT molecular complexity index is 738. The molecular weight excluding hydrogens is 325 g/mol. The van der Waals surface area contributed by atoms with Gasteiger partial charge < -0.3 is 9.63 Å². The van der Waals surface area contributed by atoms with Crippen molar-refractivity contribution in [1.82, 2.24) is 10.1 Å². The lowest BCUT2D eigenvalue weighted by atomic mass is 10.1. The van der Waals surface area contributed by atoms with Gasteiger partial charge in [0.25, 0.3) is 0 Å². The number of nitrogens with zero attached hydrogens (tertiary/aromatic N) is 2. The molecule has 0 aliphatic rings. The Morgan fingerprint density at radius 1 is 1.18 bits per heavy atom. The van der Waals surface area contributed by atoms with Crippen molar-refractivity contribution in [1.29, 1.82) is 0 Å². The fraction of sp³-hybridized carbons (Fsp3) is 0.333. The maximum atomic E-state index is 12.4. The fourth-order valence-electron chi connectivity index (χ4n) is 1.64. The van der Waals surface area contributed by atoms with E-state index >= 15 is 0 Å². The van der Waals surface area contributed by atoms with Crippen LogP contribution in [0, 0.1) is 0 Å². The van der Waals surface area contributed by atoms with E-state index in [4.69, 9.17) is 9.63 Å². The Hall–Kier alpha value is -1.94. The minimum atomic E-state index is -4.45. The lowest BCUT2D eigenvalue weighted by molar-refractivity contribution is -0.137. The number of aromatic nitrogens is 2. The largest absolute Gasteiger partial charge is 0.416 e. The molecule has 0 saturated heterocycles. The molecule has 1 aromatic heterocycles. The molecule has 10 heteroatoms. The van der Waals surface area contributed by atoms with Crippen LogP contribution in [-0.2, 0) is 21.8 Å². The van der Waals surface area contributed by atoms with Gasteiger partial charge in [0, 0.05) is 5.56 Å². The van der Waals surface area contributed by atoms with Crippen molar-refractivity contribution in [3.63, 3.8) is 0 Å². The van der Waals surface area contributed by atoms with Gasteiger partial charge in [-0.05, 0) is 12.1 Å². The molecule has 0 bridgehead atoms. The minimum absolute atomic E-state index is 0.0112. The number of hydrogen-bond acceptors (Lipinski definition) is 6. The highest BCUT2D eigenvalue weighted by molar-refractivity contribution is 7.90. The van der Waals surface area contributed by atoms with Crippen LogP contribution in [0.15, 0.2) is 28.8 Å². The third-order valence-electron chi connectivity index (χ3n) is 2.68. The van der Waals surface area contributed by atoms with E-state index in [0.29, 0.717) is 0 Å². The first kappa shape index (κ1) is 16.4. The number of alkyl halides is 3. The van der Waals surface area contributed by atoms with Crippen LogP contribution in [0.1, 0.15) is 11.5 Å². The van der Waals surface area contributed by atoms with E-state index in [1.54, 1.807) is 0 Å². The van der Waals surface area contributed by atoms with Gasteiger partial charge >= 0.3 is 6.18 Å². The zero-order valence-corrected chi connectivity index (χ0v) is 11.9. The summed E-state index contributed by atoms with van der Waals surface area (Å²) in [4.78, 5) is 3.82. The quantitative estimate of drug-likeness (QED) is 0.892. The standard InChI is InChI=1S/C12H11F3N2O4S/c13-12(14,15)9-3-1-8(2-4-9)11-16-10(21-17-11)7-22(19,20)6-5-18/h1-4,18H,5-7H2. The molecule has 0 unspecified atom stereocenters. The summed E-state index contributed by atoms with van der Waals surface area (Å²) in [6, 6.07) is 4.07. The zero-order chi connectivity index (χ0) is 16.4. The highest BCUT2D eigenvalue weighted by Crippen LogP contribution is 2.30. The van der Waals surface area contributed by atoms with Crippen molar-refractivity contribution < 1.29 is 31.2 Å². The van der Waals surface area contributed by atoms with Crippen molar-refractivity contribution in [2.45, 2.75) is 11.9 Å². The second-order valence-electron chi connectivity index (χ2n) is 4.40. The van der Waals surface area contributed by atoms with Crippen LogP contribution < -0.4 is 0 Å². The summed E-state index contributed by atoms with van der Waals surface area (Å²) in [5.41, 5.74) is -0.548. The predicted octanol–water partition coefficient (Wildman–Crippen LogP) is 1.66. The lowest BCUT2D eigenvalue weighted by Crippen LogP contribution is -2.12. The molecule has 22 heavy (non-hydrogen) atoms. The summed E-state index contributed by atoms with van der Waals surface area (Å²) in [5.74, 6) is -1.18. The number of rotatable bonds is 5. The summed E-state index contributed by atoms with van der Waals surface area (Å²) in [7, 11) is -3.57. The van der Waals surface area contributed by atoms with E-state index in [2.05, 4.69) is 10.1 Å². The van der Waals surface area contributed by atoms with Crippen LogP contribution >= 0.6 is 0 Å². The lowest BCUT2D eigenvalue weighted by Gasteiger charge is -2.05. The summed E-state index contributed by atoms with van der Waals surface area (Å²) in [6.07, 6.45) is -4.45. The molecule has 120 valence electrons. The molecule has 0 fully saturated rings. The predicted molar refractivity (Wildman–Crippen MR) is 69.3 cm³/mol. The topological polar surface area (TPSA) is 93.3 Å². The molecule has 2 rings (SSSR count). The first-order chi connectivity index (χ1) is 10.2. The van der Waals surface area contributed by atoms with Gasteiger partial charge in [0.2, 0.25) is 11.7 Å². The first-order valence-corrected chi connectivity index (χ1v) is 7.85. The molecule has 2 aromatic rings. The Kier molecular flexibility index (Phi) is 4.52. The molecule has 0 spiro atoms. The molecule has 1 aromatic carbocycles. The number of aliphatic hydroxyl groups is 1. The molecule has 0 saturated carbocycles. The third kappa shape index (κ3) is 4.04. The molecular formula is C12H11F3N2O4S. The van der Waals surface area contributed by atoms with Gasteiger partial charge in [0.05, 0.1) is 17.9 Å². The van der Waals surface area contributed by atoms with Crippen LogP contribution in [0.3, 0.4) is 0 Å². The Labute approximate surface area is 123 Å². The molecule has 6 nitrogen and oxygen atoms in total. The van der Waals surface area contributed by atoms with Gasteiger partial charge in [0.15, 0.2) is 9.84 Å². The molecule has 0 radical (unpaired) electrons. The number of sulfone groups is 1. The highest BCUT2D eigenvalue weighted by atomic mass is 32.2. The summed E-state index contributed by atoms with van der Waals surface area (Å²) in [6.45, 7) is -0.526. The van der Waals surface area contributed by atoms with Crippen LogP contribution in [-0.4, -0.2) is 36.0 Å². The highest BCUT2D eigenvalue weighted by Gasteiger charge is 2.30. The zero-order valence-electron chi connectivity index (χ0n) is 11.0. The van der Waals surface area contributed by atoms with Gasteiger partial charge in [-0.2, -0.15) is 18.2 Å². The smallest absolute Gasteiger partial charge is 0.395 e. The van der Waals surface area contributed by atoms with Crippen molar-refractivity contribution in [3.8, 4) is 11.4 Å². The maximum Gasteiger partial charge on any atom is 0.416 e. The summed E-state index contributed by atoms with van der Waals surface area (Å²) in [5, 5.41) is 12.1. The average Bonchev–Trinajstić information content (AvgIpc) is 2.85. The van der Waals surface area contributed by atoms with Gasteiger partial charge in [0.1, 0.15) is 5.75 Å². The van der Waals surface area contributed by atoms with Gasteiger partial charge in [-0.3, -0.25) is 0 Å². The van der Waals surface area contributed by atoms with Crippen LogP contribution in [0.4, 0.5) is 13.2 Å². The van der Waals surface area contributed by atoms with E-state index < -0.39 is 39.7 Å². The average molecular weight is 336 g/mol. The monoisotopic (exact) mass is 336 g/mol. The normalized spacial score (nSPS) is 12.5. The van der Waals surface area contributed by atoms with Crippen molar-refractivity contribution >= 4 is 9.84 Å². The SMILES string of the molecule is O=S(=O)(CCO)Cc1nc(-c2ccc(C(F)(F)F)cc2)no1. The molecule has 0 aliphatic carbocycles. The van der Waals surface area contributed by atoms with Crippen LogP contribution in [0.25, 0.3) is 11.4 Å². The fourth-order valence-corrected chi connectivity index (χ4v) is 2.55. The summed E-state index contributed by atoms with van der Waals surface area (Å²) < 4.78 is 65.1. The van der Waals surface area contributed by atoms with E-state index in [9.17, 15) is 21.6 Å². The van der Waals surface area contributed by atoms with E-state index in [1.165, 1.54) is 12.1 Å².